The Bertz CT molecular complexity index is 810. The zero-order valence-corrected chi connectivity index (χ0v) is 14.3. The number of rotatable bonds is 6. The van der Waals surface area contributed by atoms with E-state index in [1.54, 1.807) is 11.5 Å². The molecule has 1 heterocycles. The summed E-state index contributed by atoms with van der Waals surface area (Å²) in [4.78, 5) is -0.522. The van der Waals surface area contributed by atoms with E-state index in [0.29, 0.717) is 12.4 Å². The first-order valence-electron chi connectivity index (χ1n) is 6.74. The van der Waals surface area contributed by atoms with Gasteiger partial charge in [0.1, 0.15) is 10.7 Å². The van der Waals surface area contributed by atoms with Crippen molar-refractivity contribution in [3.05, 3.63) is 34.9 Å². The molecule has 126 valence electrons. The van der Waals surface area contributed by atoms with Crippen LogP contribution < -0.4 is 9.46 Å². The molecular weight excluding hydrogens is 347 g/mol. The summed E-state index contributed by atoms with van der Waals surface area (Å²) in [5.41, 5.74) is 0. The van der Waals surface area contributed by atoms with Crippen LogP contribution in [0.5, 0.6) is 6.01 Å². The number of nitrogens with one attached hydrogen (secondary N) is 1. The lowest BCUT2D eigenvalue weighted by Crippen LogP contribution is -2.29. The lowest BCUT2D eigenvalue weighted by atomic mass is 10.3. The van der Waals surface area contributed by atoms with E-state index in [9.17, 15) is 12.8 Å². The quantitative estimate of drug-likeness (QED) is 0.850. The van der Waals surface area contributed by atoms with Crippen LogP contribution in [0.1, 0.15) is 25.7 Å². The molecule has 2 rings (SSSR count). The third-order valence-electron chi connectivity index (χ3n) is 3.15. The molecule has 10 heteroatoms. The van der Waals surface area contributed by atoms with Crippen molar-refractivity contribution in [2.45, 2.75) is 31.3 Å². The maximum Gasteiger partial charge on any atom is 0.316 e. The highest BCUT2D eigenvalue weighted by molar-refractivity contribution is 7.89. The Morgan fingerprint density at radius 1 is 1.43 bits per heavy atom. The highest BCUT2D eigenvalue weighted by Gasteiger charge is 2.26. The van der Waals surface area contributed by atoms with Gasteiger partial charge in [0.25, 0.3) is 0 Å². The Labute approximate surface area is 138 Å². The van der Waals surface area contributed by atoms with Gasteiger partial charge in [-0.2, -0.15) is 0 Å². The molecule has 0 unspecified atom stereocenters. The summed E-state index contributed by atoms with van der Waals surface area (Å²) in [5.74, 6) is -0.529. The first-order valence-corrected chi connectivity index (χ1v) is 8.60. The molecule has 0 amide bonds. The molecule has 7 nitrogen and oxygen atoms in total. The Hall–Kier alpha value is -1.71. The van der Waals surface area contributed by atoms with Crippen LogP contribution in [0.2, 0.25) is 5.02 Å². The van der Waals surface area contributed by atoms with Gasteiger partial charge in [0.2, 0.25) is 10.0 Å². The van der Waals surface area contributed by atoms with Gasteiger partial charge in [0, 0.05) is 11.6 Å². The van der Waals surface area contributed by atoms with Gasteiger partial charge in [0.15, 0.2) is 5.82 Å². The van der Waals surface area contributed by atoms with Gasteiger partial charge in [-0.25, -0.2) is 17.5 Å². The van der Waals surface area contributed by atoms with E-state index in [0.717, 1.165) is 12.1 Å². The van der Waals surface area contributed by atoms with Gasteiger partial charge in [-0.3, -0.25) is 4.57 Å². The Balaban J connectivity index is 2.34. The molecule has 0 radical (unpaired) electrons. The van der Waals surface area contributed by atoms with Crippen molar-refractivity contribution in [2.24, 2.45) is 0 Å². The highest BCUT2D eigenvalue weighted by Crippen LogP contribution is 2.23. The van der Waals surface area contributed by atoms with Crippen LogP contribution in [0.3, 0.4) is 0 Å². The van der Waals surface area contributed by atoms with E-state index < -0.39 is 26.8 Å². The smallest absolute Gasteiger partial charge is 0.316 e. The number of nitrogens with zero attached hydrogens (tertiary/aromatic N) is 3. The standard InChI is InChI=1S/C13H16ClFN4O3S/c1-4-19-12(16-17-13(19)22-3)8(2)18-23(20,21)11-7-9(14)5-6-10(11)15/h5-8,18H,4H2,1-3H3/t8-/m1/s1. The minimum absolute atomic E-state index is 0.123. The van der Waals surface area contributed by atoms with E-state index in [1.165, 1.54) is 13.2 Å². The molecular formula is C13H16ClFN4O3S. The van der Waals surface area contributed by atoms with E-state index >= 15 is 0 Å². The zero-order valence-electron chi connectivity index (χ0n) is 12.7. The number of aromatic nitrogens is 3. The molecule has 0 saturated carbocycles. The first-order chi connectivity index (χ1) is 10.8. The first kappa shape index (κ1) is 17.6. The summed E-state index contributed by atoms with van der Waals surface area (Å²) in [5, 5.41) is 7.86. The average molecular weight is 363 g/mol. The van der Waals surface area contributed by atoms with Crippen LogP contribution >= 0.6 is 11.6 Å². The molecule has 0 spiro atoms. The van der Waals surface area contributed by atoms with Crippen molar-refractivity contribution in [1.29, 1.82) is 0 Å². The van der Waals surface area contributed by atoms with Crippen molar-refractivity contribution < 1.29 is 17.5 Å². The molecule has 0 aliphatic carbocycles. The number of hydrogen-bond donors (Lipinski definition) is 1. The molecule has 1 N–H and O–H groups in total. The second-order valence-corrected chi connectivity index (χ2v) is 6.83. The van der Waals surface area contributed by atoms with Crippen molar-refractivity contribution >= 4 is 21.6 Å². The van der Waals surface area contributed by atoms with Gasteiger partial charge >= 0.3 is 6.01 Å². The number of ether oxygens (including phenoxy) is 1. The zero-order chi connectivity index (χ0) is 17.2. The molecule has 0 fully saturated rings. The van der Waals surface area contributed by atoms with Gasteiger partial charge in [0.05, 0.1) is 13.2 Å². The van der Waals surface area contributed by atoms with Crippen molar-refractivity contribution in [2.75, 3.05) is 7.11 Å². The summed E-state index contributed by atoms with van der Waals surface area (Å²) in [6.07, 6.45) is 0. The lowest BCUT2D eigenvalue weighted by Gasteiger charge is -2.15. The SMILES string of the molecule is CCn1c(OC)nnc1[C@@H](C)NS(=O)(=O)c1cc(Cl)ccc1F. The Morgan fingerprint density at radius 2 is 2.13 bits per heavy atom. The summed E-state index contributed by atoms with van der Waals surface area (Å²) < 4.78 is 47.6. The molecule has 1 aromatic carbocycles. The summed E-state index contributed by atoms with van der Waals surface area (Å²) in [6, 6.07) is 2.85. The van der Waals surface area contributed by atoms with Crippen LogP contribution in [-0.2, 0) is 16.6 Å². The van der Waals surface area contributed by atoms with Crippen molar-refractivity contribution in [3.8, 4) is 6.01 Å². The minimum Gasteiger partial charge on any atom is -0.467 e. The maximum absolute atomic E-state index is 13.8. The monoisotopic (exact) mass is 362 g/mol. The normalized spacial score (nSPS) is 13.1. The van der Waals surface area contributed by atoms with E-state index in [-0.39, 0.29) is 11.0 Å². The number of hydrogen-bond acceptors (Lipinski definition) is 5. The number of sulfonamides is 1. The molecule has 23 heavy (non-hydrogen) atoms. The number of benzene rings is 1. The van der Waals surface area contributed by atoms with Gasteiger partial charge in [-0.05, 0) is 32.0 Å². The lowest BCUT2D eigenvalue weighted by molar-refractivity contribution is 0.354. The van der Waals surface area contributed by atoms with Crippen LogP contribution in [0.4, 0.5) is 4.39 Å². The van der Waals surface area contributed by atoms with Crippen LogP contribution in [0.25, 0.3) is 0 Å². The van der Waals surface area contributed by atoms with Crippen LogP contribution in [0, 0.1) is 5.82 Å². The van der Waals surface area contributed by atoms with Crippen LogP contribution in [-0.4, -0.2) is 30.3 Å². The molecule has 1 aromatic heterocycles. The van der Waals surface area contributed by atoms with E-state index in [4.69, 9.17) is 16.3 Å². The second kappa shape index (κ2) is 6.81. The van der Waals surface area contributed by atoms with Gasteiger partial charge in [-0.15, -0.1) is 5.10 Å². The summed E-state index contributed by atoms with van der Waals surface area (Å²) in [6.45, 7) is 3.91. The Kier molecular flexibility index (Phi) is 5.23. The largest absolute Gasteiger partial charge is 0.467 e. The maximum atomic E-state index is 13.8. The molecule has 0 aliphatic rings. The number of halogens is 2. The topological polar surface area (TPSA) is 86.1 Å². The van der Waals surface area contributed by atoms with Crippen LogP contribution in [0.15, 0.2) is 23.1 Å². The fourth-order valence-corrected chi connectivity index (χ4v) is 3.64. The molecule has 1 atom stereocenters. The van der Waals surface area contributed by atoms with E-state index in [2.05, 4.69) is 14.9 Å². The number of methoxy groups -OCH3 is 1. The third kappa shape index (κ3) is 3.62. The van der Waals surface area contributed by atoms with Crippen molar-refractivity contribution in [3.63, 3.8) is 0 Å². The van der Waals surface area contributed by atoms with Gasteiger partial charge < -0.3 is 4.74 Å². The second-order valence-electron chi connectivity index (χ2n) is 4.71. The fourth-order valence-electron chi connectivity index (χ4n) is 2.10. The highest BCUT2D eigenvalue weighted by atomic mass is 35.5. The summed E-state index contributed by atoms with van der Waals surface area (Å²) >= 11 is 5.74. The predicted molar refractivity (Wildman–Crippen MR) is 82.4 cm³/mol. The molecule has 0 aliphatic heterocycles. The Morgan fingerprint density at radius 3 is 2.74 bits per heavy atom. The average Bonchev–Trinajstić information content (AvgIpc) is 2.92. The summed E-state index contributed by atoms with van der Waals surface area (Å²) in [7, 11) is -2.67. The van der Waals surface area contributed by atoms with Gasteiger partial charge in [-0.1, -0.05) is 16.7 Å². The predicted octanol–water partition coefficient (Wildman–Crippen LogP) is 2.14. The molecule has 2 aromatic rings. The fraction of sp³-hybridized carbons (Fsp3) is 0.385. The molecule has 0 saturated heterocycles. The van der Waals surface area contributed by atoms with E-state index in [1.807, 2.05) is 6.92 Å². The molecule has 0 bridgehead atoms. The minimum atomic E-state index is -4.11. The van der Waals surface area contributed by atoms with Crippen molar-refractivity contribution in [1.82, 2.24) is 19.5 Å². The third-order valence-corrected chi connectivity index (χ3v) is 4.94.